The van der Waals surface area contributed by atoms with Gasteiger partial charge in [-0.05, 0) is 43.5 Å². The van der Waals surface area contributed by atoms with Crippen LogP contribution in [-0.2, 0) is 14.4 Å². The Labute approximate surface area is 173 Å². The number of amides is 3. The van der Waals surface area contributed by atoms with Crippen molar-refractivity contribution in [2.75, 3.05) is 29.9 Å². The van der Waals surface area contributed by atoms with E-state index >= 15 is 0 Å². The van der Waals surface area contributed by atoms with Crippen molar-refractivity contribution in [3.05, 3.63) is 48.2 Å². The number of likely N-dealkylation sites (tertiary alicyclic amines) is 1. The molecule has 2 aliphatic heterocycles. The van der Waals surface area contributed by atoms with Crippen molar-refractivity contribution in [3.63, 3.8) is 0 Å². The summed E-state index contributed by atoms with van der Waals surface area (Å²) in [5, 5.41) is 1.91. The average Bonchev–Trinajstić information content (AvgIpc) is 3.26. The number of carbonyl (C=O) groups excluding carboxylic acids is 3. The number of pyridine rings is 1. The number of nitrogens with one attached hydrogen (secondary N) is 1. The number of thioether (sulfide) groups is 1. The fourth-order valence-electron chi connectivity index (χ4n) is 3.57. The molecule has 1 saturated heterocycles. The maximum absolute atomic E-state index is 13.2. The Morgan fingerprint density at radius 1 is 1.17 bits per heavy atom. The van der Waals surface area contributed by atoms with E-state index in [4.69, 9.17) is 0 Å². The number of aryl methyl sites for hydroxylation is 1. The lowest BCUT2D eigenvalue weighted by Crippen LogP contribution is -2.51. The SMILES string of the molecule is Cc1cccnc1NC(=O)CN1C(=O)[C@@H](C(=O)N2CCCC2)Sc2ccccc21. The fraction of sp³-hybridized carbons (Fsp3) is 0.333. The number of benzene rings is 1. The highest BCUT2D eigenvalue weighted by Crippen LogP contribution is 2.40. The Morgan fingerprint density at radius 2 is 1.93 bits per heavy atom. The summed E-state index contributed by atoms with van der Waals surface area (Å²) < 4.78 is 0. The van der Waals surface area contributed by atoms with Crippen LogP contribution < -0.4 is 10.2 Å². The first-order valence-electron chi connectivity index (χ1n) is 9.62. The minimum atomic E-state index is -0.854. The number of fused-ring (bicyclic) bond motifs is 1. The van der Waals surface area contributed by atoms with E-state index in [0.29, 0.717) is 24.6 Å². The largest absolute Gasteiger partial charge is 0.341 e. The Bertz CT molecular complexity index is 958. The van der Waals surface area contributed by atoms with E-state index in [0.717, 1.165) is 23.3 Å². The van der Waals surface area contributed by atoms with E-state index in [9.17, 15) is 14.4 Å². The predicted molar refractivity (Wildman–Crippen MR) is 112 cm³/mol. The molecule has 0 unspecified atom stereocenters. The van der Waals surface area contributed by atoms with Crippen LogP contribution >= 0.6 is 11.8 Å². The van der Waals surface area contributed by atoms with Gasteiger partial charge in [0, 0.05) is 24.2 Å². The van der Waals surface area contributed by atoms with Crippen LogP contribution in [0.15, 0.2) is 47.5 Å². The first-order valence-corrected chi connectivity index (χ1v) is 10.5. The average molecular weight is 410 g/mol. The molecule has 1 aromatic heterocycles. The van der Waals surface area contributed by atoms with E-state index in [-0.39, 0.29) is 24.3 Å². The van der Waals surface area contributed by atoms with E-state index in [1.165, 1.54) is 16.7 Å². The molecular weight excluding hydrogens is 388 g/mol. The van der Waals surface area contributed by atoms with Crippen molar-refractivity contribution in [1.29, 1.82) is 0 Å². The van der Waals surface area contributed by atoms with Crippen molar-refractivity contribution in [2.24, 2.45) is 0 Å². The Balaban J connectivity index is 1.57. The first kappa shape index (κ1) is 19.4. The summed E-state index contributed by atoms with van der Waals surface area (Å²) in [5.41, 5.74) is 1.49. The summed E-state index contributed by atoms with van der Waals surface area (Å²) in [6.45, 7) is 3.05. The second kappa shape index (κ2) is 8.24. The van der Waals surface area contributed by atoms with Crippen LogP contribution in [0.3, 0.4) is 0 Å². The van der Waals surface area contributed by atoms with Gasteiger partial charge in [-0.15, -0.1) is 11.8 Å². The zero-order chi connectivity index (χ0) is 20.4. The van der Waals surface area contributed by atoms with Gasteiger partial charge in [0.1, 0.15) is 12.4 Å². The maximum atomic E-state index is 13.2. The highest BCUT2D eigenvalue weighted by Gasteiger charge is 2.41. The zero-order valence-corrected chi connectivity index (χ0v) is 16.9. The Hall–Kier alpha value is -2.87. The van der Waals surface area contributed by atoms with Crippen LogP contribution in [-0.4, -0.2) is 52.5 Å². The van der Waals surface area contributed by atoms with Crippen LogP contribution in [0.25, 0.3) is 0 Å². The van der Waals surface area contributed by atoms with Crippen molar-refractivity contribution >= 4 is 41.0 Å². The van der Waals surface area contributed by atoms with Gasteiger partial charge in [-0.3, -0.25) is 14.4 Å². The highest BCUT2D eigenvalue weighted by atomic mass is 32.2. The van der Waals surface area contributed by atoms with E-state index in [2.05, 4.69) is 10.3 Å². The molecule has 150 valence electrons. The number of rotatable bonds is 4. The van der Waals surface area contributed by atoms with Crippen molar-refractivity contribution < 1.29 is 14.4 Å². The topological polar surface area (TPSA) is 82.6 Å². The summed E-state index contributed by atoms with van der Waals surface area (Å²) in [6, 6.07) is 11.0. The fourth-order valence-corrected chi connectivity index (χ4v) is 4.76. The Kier molecular flexibility index (Phi) is 5.53. The molecule has 0 bridgehead atoms. The normalized spacial score (nSPS) is 18.5. The number of hydrogen-bond donors (Lipinski definition) is 1. The van der Waals surface area contributed by atoms with Gasteiger partial charge in [-0.1, -0.05) is 18.2 Å². The standard InChI is InChI=1S/C21H22N4O3S/c1-14-7-6-10-22-19(14)23-17(26)13-25-15-8-2-3-9-16(15)29-18(21(25)28)20(27)24-11-4-5-12-24/h2-3,6-10,18H,4-5,11-13H2,1H3,(H,22,23,26)/t18-/m1/s1. The third-order valence-corrected chi connectivity index (χ3v) is 6.34. The van der Waals surface area contributed by atoms with Gasteiger partial charge in [0.15, 0.2) is 5.25 Å². The molecule has 0 saturated carbocycles. The molecule has 1 aromatic carbocycles. The lowest BCUT2D eigenvalue weighted by atomic mass is 10.2. The molecule has 8 heteroatoms. The van der Waals surface area contributed by atoms with Gasteiger partial charge in [-0.25, -0.2) is 4.98 Å². The van der Waals surface area contributed by atoms with Crippen LogP contribution in [0, 0.1) is 6.92 Å². The molecular formula is C21H22N4O3S. The molecule has 3 heterocycles. The minimum absolute atomic E-state index is 0.169. The van der Waals surface area contributed by atoms with E-state index in [1.54, 1.807) is 23.2 Å². The smallest absolute Gasteiger partial charge is 0.250 e. The lowest BCUT2D eigenvalue weighted by Gasteiger charge is -2.34. The van der Waals surface area contributed by atoms with E-state index < -0.39 is 5.25 Å². The van der Waals surface area contributed by atoms with Gasteiger partial charge >= 0.3 is 0 Å². The molecule has 2 aromatic rings. The summed E-state index contributed by atoms with van der Waals surface area (Å²) in [5.74, 6) is -0.403. The van der Waals surface area contributed by atoms with Gasteiger partial charge in [0.25, 0.3) is 5.91 Å². The number of aromatic nitrogens is 1. The molecule has 0 aliphatic carbocycles. The molecule has 3 amide bonds. The number of hydrogen-bond acceptors (Lipinski definition) is 5. The van der Waals surface area contributed by atoms with Crippen molar-refractivity contribution in [2.45, 2.75) is 29.9 Å². The van der Waals surface area contributed by atoms with Gasteiger partial charge < -0.3 is 15.1 Å². The number of para-hydroxylation sites is 1. The molecule has 1 atom stereocenters. The van der Waals surface area contributed by atoms with Crippen LogP contribution in [0.2, 0.25) is 0 Å². The number of nitrogens with zero attached hydrogens (tertiary/aromatic N) is 3. The maximum Gasteiger partial charge on any atom is 0.250 e. The molecule has 0 radical (unpaired) electrons. The summed E-state index contributed by atoms with van der Waals surface area (Å²) in [6.07, 6.45) is 3.53. The van der Waals surface area contributed by atoms with Crippen molar-refractivity contribution in [1.82, 2.24) is 9.88 Å². The molecule has 1 N–H and O–H groups in total. The van der Waals surface area contributed by atoms with Crippen LogP contribution in [0.4, 0.5) is 11.5 Å². The Morgan fingerprint density at radius 3 is 2.69 bits per heavy atom. The van der Waals surface area contributed by atoms with E-state index in [1.807, 2.05) is 31.2 Å². The molecule has 7 nitrogen and oxygen atoms in total. The second-order valence-corrected chi connectivity index (χ2v) is 8.29. The first-order chi connectivity index (χ1) is 14.0. The van der Waals surface area contributed by atoms with Gasteiger partial charge in [0.2, 0.25) is 11.8 Å². The molecule has 0 spiro atoms. The highest BCUT2D eigenvalue weighted by molar-refractivity contribution is 8.01. The quantitative estimate of drug-likeness (QED) is 0.783. The third kappa shape index (κ3) is 3.98. The van der Waals surface area contributed by atoms with Crippen LogP contribution in [0.1, 0.15) is 18.4 Å². The second-order valence-electron chi connectivity index (χ2n) is 7.14. The molecule has 1 fully saturated rings. The zero-order valence-electron chi connectivity index (χ0n) is 16.1. The summed E-state index contributed by atoms with van der Waals surface area (Å²) in [4.78, 5) is 47.0. The van der Waals surface area contributed by atoms with Crippen molar-refractivity contribution in [3.8, 4) is 0 Å². The number of anilines is 2. The molecule has 2 aliphatic rings. The predicted octanol–water partition coefficient (Wildman–Crippen LogP) is 2.46. The van der Waals surface area contributed by atoms with Crippen LogP contribution in [0.5, 0.6) is 0 Å². The van der Waals surface area contributed by atoms with Gasteiger partial charge in [0.05, 0.1) is 5.69 Å². The monoisotopic (exact) mass is 410 g/mol. The summed E-state index contributed by atoms with van der Waals surface area (Å²) in [7, 11) is 0. The molecule has 4 rings (SSSR count). The lowest BCUT2D eigenvalue weighted by molar-refractivity contribution is -0.134. The molecule has 29 heavy (non-hydrogen) atoms. The van der Waals surface area contributed by atoms with Gasteiger partial charge in [-0.2, -0.15) is 0 Å². The minimum Gasteiger partial charge on any atom is -0.341 e. The summed E-state index contributed by atoms with van der Waals surface area (Å²) >= 11 is 1.27. The third-order valence-electron chi connectivity index (χ3n) is 5.10. The number of carbonyl (C=O) groups is 3.